The molecule has 0 aliphatic heterocycles. The van der Waals surface area contributed by atoms with E-state index in [1.807, 2.05) is 0 Å². The molecule has 1 heterocycles. The maximum absolute atomic E-state index is 5.94. The summed E-state index contributed by atoms with van der Waals surface area (Å²) in [5, 5.41) is 3.68. The van der Waals surface area contributed by atoms with Crippen molar-refractivity contribution in [1.82, 2.24) is 9.97 Å². The summed E-state index contributed by atoms with van der Waals surface area (Å²) < 4.78 is 0. The van der Waals surface area contributed by atoms with Gasteiger partial charge in [-0.1, -0.05) is 18.5 Å². The van der Waals surface area contributed by atoms with Gasteiger partial charge in [0.2, 0.25) is 0 Å². The van der Waals surface area contributed by atoms with Crippen molar-refractivity contribution < 1.29 is 0 Å². The highest BCUT2D eigenvalue weighted by molar-refractivity contribution is 6.35. The van der Waals surface area contributed by atoms with Gasteiger partial charge in [0.05, 0.1) is 0 Å². The van der Waals surface area contributed by atoms with Crippen LogP contribution in [0.1, 0.15) is 19.8 Å². The summed E-state index contributed by atoms with van der Waals surface area (Å²) >= 11 is 5.94. The third kappa shape index (κ3) is 1.75. The molecule has 1 aromatic rings. The second-order valence-electron chi connectivity index (χ2n) is 3.84. The third-order valence-corrected chi connectivity index (χ3v) is 2.90. The number of nitrogen functional groups attached to an aromatic ring is 1. The molecule has 0 unspecified atom stereocenters. The molecule has 0 bridgehead atoms. The first-order chi connectivity index (χ1) is 6.66. The first-order valence-corrected chi connectivity index (χ1v) is 5.07. The number of halogens is 1. The molecule has 14 heavy (non-hydrogen) atoms. The summed E-state index contributed by atoms with van der Waals surface area (Å²) in [7, 11) is 0. The van der Waals surface area contributed by atoms with Gasteiger partial charge in [0.1, 0.15) is 17.2 Å². The van der Waals surface area contributed by atoms with Crippen LogP contribution < -0.4 is 11.1 Å². The minimum Gasteiger partial charge on any atom is -0.382 e. The van der Waals surface area contributed by atoms with Gasteiger partial charge in [-0.05, 0) is 18.8 Å². The number of aromatic nitrogens is 2. The van der Waals surface area contributed by atoms with Crippen LogP contribution in [0.5, 0.6) is 0 Å². The molecule has 0 saturated heterocycles. The predicted molar refractivity (Wildman–Crippen MR) is 57.3 cm³/mol. The van der Waals surface area contributed by atoms with Crippen molar-refractivity contribution in [3.63, 3.8) is 0 Å². The fourth-order valence-corrected chi connectivity index (χ4v) is 1.85. The maximum atomic E-state index is 5.94. The van der Waals surface area contributed by atoms with Crippen molar-refractivity contribution in [1.29, 1.82) is 0 Å². The van der Waals surface area contributed by atoms with E-state index in [9.17, 15) is 0 Å². The lowest BCUT2D eigenvalue weighted by Crippen LogP contribution is -2.34. The van der Waals surface area contributed by atoms with Crippen LogP contribution in [0, 0.1) is 5.92 Å². The molecule has 5 heteroatoms. The molecule has 3 N–H and O–H groups in total. The minimum atomic E-state index is 0.330. The minimum absolute atomic E-state index is 0.330. The zero-order valence-electron chi connectivity index (χ0n) is 8.00. The average Bonchev–Trinajstić information content (AvgIpc) is 2.10. The third-order valence-electron chi connectivity index (χ3n) is 2.53. The van der Waals surface area contributed by atoms with Crippen LogP contribution in [0.4, 0.5) is 11.6 Å². The van der Waals surface area contributed by atoms with Crippen LogP contribution in [0.25, 0.3) is 0 Å². The second-order valence-corrected chi connectivity index (χ2v) is 4.22. The molecule has 2 rings (SSSR count). The lowest BCUT2D eigenvalue weighted by molar-refractivity contribution is 0.308. The van der Waals surface area contributed by atoms with Crippen molar-refractivity contribution >= 4 is 23.2 Å². The Morgan fingerprint density at radius 3 is 2.86 bits per heavy atom. The van der Waals surface area contributed by atoms with Crippen LogP contribution in [0.3, 0.4) is 0 Å². The summed E-state index contributed by atoms with van der Waals surface area (Å²) in [5.74, 6) is 1.78. The molecular weight excluding hydrogens is 200 g/mol. The molecule has 4 nitrogen and oxygen atoms in total. The number of rotatable bonds is 2. The van der Waals surface area contributed by atoms with Gasteiger partial charge < -0.3 is 11.1 Å². The molecule has 0 atom stereocenters. The van der Waals surface area contributed by atoms with Crippen LogP contribution in [-0.4, -0.2) is 16.0 Å². The van der Waals surface area contributed by atoms with E-state index in [2.05, 4.69) is 22.2 Å². The van der Waals surface area contributed by atoms with Crippen LogP contribution in [0.15, 0.2) is 6.33 Å². The number of nitrogens with one attached hydrogen (secondary N) is 1. The average molecular weight is 213 g/mol. The van der Waals surface area contributed by atoms with Gasteiger partial charge >= 0.3 is 0 Å². The van der Waals surface area contributed by atoms with Gasteiger partial charge in [0.15, 0.2) is 5.82 Å². The highest BCUT2D eigenvalue weighted by atomic mass is 35.5. The van der Waals surface area contributed by atoms with E-state index in [1.165, 1.54) is 19.2 Å². The van der Waals surface area contributed by atoms with E-state index in [1.54, 1.807) is 0 Å². The van der Waals surface area contributed by atoms with Crippen molar-refractivity contribution in [3.8, 4) is 0 Å². The Balaban J connectivity index is 2.06. The van der Waals surface area contributed by atoms with Gasteiger partial charge in [-0.3, -0.25) is 0 Å². The number of nitrogens with zero attached hydrogens (tertiary/aromatic N) is 2. The van der Waals surface area contributed by atoms with Crippen molar-refractivity contribution in [2.45, 2.75) is 25.8 Å². The Bertz CT molecular complexity index is 336. The Labute approximate surface area is 87.9 Å². The summed E-state index contributed by atoms with van der Waals surface area (Å²) in [6.45, 7) is 2.23. The van der Waals surface area contributed by atoms with Gasteiger partial charge in [-0.15, -0.1) is 0 Å². The first kappa shape index (κ1) is 9.52. The number of anilines is 2. The number of hydrogen-bond donors (Lipinski definition) is 2. The topological polar surface area (TPSA) is 63.8 Å². The second kappa shape index (κ2) is 3.61. The predicted octanol–water partition coefficient (Wildman–Crippen LogP) is 1.92. The van der Waals surface area contributed by atoms with Gasteiger partial charge in [-0.2, -0.15) is 0 Å². The smallest absolute Gasteiger partial charge is 0.150 e. The van der Waals surface area contributed by atoms with Crippen molar-refractivity contribution in [2.75, 3.05) is 11.1 Å². The fraction of sp³-hybridized carbons (Fsp3) is 0.556. The van der Waals surface area contributed by atoms with E-state index in [0.29, 0.717) is 22.7 Å². The van der Waals surface area contributed by atoms with E-state index in [4.69, 9.17) is 17.3 Å². The summed E-state index contributed by atoms with van der Waals surface area (Å²) in [6, 6.07) is 0.483. The number of nitrogens with two attached hydrogens (primary N) is 1. The first-order valence-electron chi connectivity index (χ1n) is 4.69. The van der Waals surface area contributed by atoms with Crippen LogP contribution in [-0.2, 0) is 0 Å². The van der Waals surface area contributed by atoms with Crippen molar-refractivity contribution in [3.05, 3.63) is 11.3 Å². The molecule has 1 fully saturated rings. The van der Waals surface area contributed by atoms with Gasteiger partial charge in [-0.25, -0.2) is 9.97 Å². The maximum Gasteiger partial charge on any atom is 0.150 e. The molecule has 0 radical (unpaired) electrons. The SMILES string of the molecule is CC1CC(Nc2ncnc(N)c2Cl)C1. The standard InChI is InChI=1S/C9H13ClN4/c1-5-2-6(3-5)14-9-7(10)8(11)12-4-13-9/h4-6H,2-3H2,1H3,(H3,11,12,13,14). The molecule has 1 aromatic heterocycles. The molecular formula is C9H13ClN4. The van der Waals surface area contributed by atoms with Gasteiger partial charge in [0.25, 0.3) is 0 Å². The lowest BCUT2D eigenvalue weighted by atomic mass is 9.82. The highest BCUT2D eigenvalue weighted by Crippen LogP contribution is 2.31. The molecule has 1 aliphatic rings. The number of hydrogen-bond acceptors (Lipinski definition) is 4. The van der Waals surface area contributed by atoms with E-state index in [-0.39, 0.29) is 0 Å². The largest absolute Gasteiger partial charge is 0.382 e. The van der Waals surface area contributed by atoms with E-state index >= 15 is 0 Å². The molecule has 0 aromatic carbocycles. The lowest BCUT2D eigenvalue weighted by Gasteiger charge is -2.33. The van der Waals surface area contributed by atoms with Crippen LogP contribution >= 0.6 is 11.6 Å². The van der Waals surface area contributed by atoms with E-state index in [0.717, 1.165) is 5.92 Å². The quantitative estimate of drug-likeness (QED) is 0.786. The van der Waals surface area contributed by atoms with Crippen LogP contribution in [0.2, 0.25) is 5.02 Å². The zero-order chi connectivity index (χ0) is 10.1. The molecule has 0 spiro atoms. The summed E-state index contributed by atoms with van der Waals surface area (Å²) in [4.78, 5) is 7.85. The summed E-state index contributed by atoms with van der Waals surface area (Å²) in [6.07, 6.45) is 3.76. The van der Waals surface area contributed by atoms with Gasteiger partial charge in [0, 0.05) is 6.04 Å². The molecule has 1 aliphatic carbocycles. The molecule has 1 saturated carbocycles. The molecule has 76 valence electrons. The Hall–Kier alpha value is -1.03. The van der Waals surface area contributed by atoms with Crippen molar-refractivity contribution in [2.24, 2.45) is 5.92 Å². The monoisotopic (exact) mass is 212 g/mol. The zero-order valence-corrected chi connectivity index (χ0v) is 8.75. The van der Waals surface area contributed by atoms with E-state index < -0.39 is 0 Å². The Morgan fingerprint density at radius 1 is 1.50 bits per heavy atom. The normalized spacial score (nSPS) is 25.6. The Kier molecular flexibility index (Phi) is 2.46. The Morgan fingerprint density at radius 2 is 2.21 bits per heavy atom. The highest BCUT2D eigenvalue weighted by Gasteiger charge is 2.26. The fourth-order valence-electron chi connectivity index (χ4n) is 1.70. The molecule has 0 amide bonds. The summed E-state index contributed by atoms with van der Waals surface area (Å²) in [5.41, 5.74) is 5.56.